The lowest BCUT2D eigenvalue weighted by molar-refractivity contribution is -0.119. The minimum atomic E-state index is -0.276. The summed E-state index contributed by atoms with van der Waals surface area (Å²) in [7, 11) is 0. The Balaban J connectivity index is 1.37. The molecule has 6 nitrogen and oxygen atoms in total. The third-order valence-corrected chi connectivity index (χ3v) is 6.22. The van der Waals surface area contributed by atoms with Crippen molar-refractivity contribution in [2.45, 2.75) is 56.3 Å². The third-order valence-electron chi connectivity index (χ3n) is 5.28. The number of carbonyl (C=O) groups is 1. The Morgan fingerprint density at radius 3 is 2.61 bits per heavy atom. The van der Waals surface area contributed by atoms with E-state index in [9.17, 15) is 9.18 Å². The van der Waals surface area contributed by atoms with Gasteiger partial charge in [-0.05, 0) is 56.7 Å². The molecule has 2 aliphatic rings. The third kappa shape index (κ3) is 4.48. The molecule has 1 unspecified atom stereocenters. The van der Waals surface area contributed by atoms with Gasteiger partial charge in [-0.25, -0.2) is 4.39 Å². The average Bonchev–Trinajstić information content (AvgIpc) is 3.46. The van der Waals surface area contributed by atoms with Gasteiger partial charge >= 0.3 is 0 Å². The molecule has 0 spiro atoms. The number of aromatic nitrogens is 3. The van der Waals surface area contributed by atoms with E-state index in [1.807, 2.05) is 6.92 Å². The average molecular weight is 404 g/mol. The lowest BCUT2D eigenvalue weighted by atomic mass is 10.1. The minimum absolute atomic E-state index is 0.0632. The summed E-state index contributed by atoms with van der Waals surface area (Å²) in [6.45, 7) is 3.97. The Bertz CT molecular complexity index is 815. The van der Waals surface area contributed by atoms with Crippen molar-refractivity contribution in [1.82, 2.24) is 20.1 Å². The smallest absolute Gasteiger partial charge is 0.230 e. The van der Waals surface area contributed by atoms with Crippen molar-refractivity contribution in [2.75, 3.05) is 23.7 Å². The maximum atomic E-state index is 13.1. The molecule has 1 aliphatic carbocycles. The normalized spacial score (nSPS) is 18.1. The van der Waals surface area contributed by atoms with E-state index < -0.39 is 0 Å². The highest BCUT2D eigenvalue weighted by atomic mass is 32.2. The van der Waals surface area contributed by atoms with E-state index in [-0.39, 0.29) is 23.5 Å². The Morgan fingerprint density at radius 1 is 1.21 bits per heavy atom. The Hall–Kier alpha value is -2.09. The van der Waals surface area contributed by atoms with E-state index in [1.165, 1.54) is 43.2 Å². The molecular weight excluding hydrogens is 377 g/mol. The maximum Gasteiger partial charge on any atom is 0.230 e. The van der Waals surface area contributed by atoms with Crippen LogP contribution < -0.4 is 10.2 Å². The summed E-state index contributed by atoms with van der Waals surface area (Å²) in [5.74, 6) is 0.911. The topological polar surface area (TPSA) is 63.1 Å². The summed E-state index contributed by atoms with van der Waals surface area (Å²) in [4.78, 5) is 14.7. The molecule has 2 heterocycles. The number of piperidine rings is 1. The molecular formula is C20H26FN5OS. The number of thioether (sulfide) groups is 1. The molecule has 1 atom stereocenters. The monoisotopic (exact) mass is 403 g/mol. The van der Waals surface area contributed by atoms with Crippen molar-refractivity contribution < 1.29 is 9.18 Å². The predicted octanol–water partition coefficient (Wildman–Crippen LogP) is 3.71. The quantitative estimate of drug-likeness (QED) is 0.714. The van der Waals surface area contributed by atoms with Crippen molar-refractivity contribution in [3.8, 4) is 0 Å². The molecule has 1 aromatic heterocycles. The lowest BCUT2D eigenvalue weighted by Gasteiger charge is -2.27. The van der Waals surface area contributed by atoms with Gasteiger partial charge in [0, 0.05) is 19.1 Å². The number of hydrogen-bond donors (Lipinski definition) is 1. The lowest BCUT2D eigenvalue weighted by Crippen LogP contribution is -2.32. The highest BCUT2D eigenvalue weighted by Crippen LogP contribution is 2.41. The number of carbonyl (C=O) groups excluding carboxylic acids is 1. The Kier molecular flexibility index (Phi) is 5.85. The zero-order valence-electron chi connectivity index (χ0n) is 16.1. The van der Waals surface area contributed by atoms with Crippen LogP contribution in [0.1, 0.15) is 56.7 Å². The first-order chi connectivity index (χ1) is 13.6. The van der Waals surface area contributed by atoms with E-state index in [2.05, 4.69) is 25.0 Å². The molecule has 1 saturated carbocycles. The SMILES string of the molecule is CC(NC(=O)CSc1nnc(N2CCCCC2)n1C1CC1)c1ccc(F)cc1. The number of benzene rings is 1. The van der Waals surface area contributed by atoms with Crippen LogP contribution in [0.15, 0.2) is 29.4 Å². The number of anilines is 1. The van der Waals surface area contributed by atoms with Crippen LogP contribution in [0.3, 0.4) is 0 Å². The van der Waals surface area contributed by atoms with Crippen LogP contribution in [-0.2, 0) is 4.79 Å². The molecule has 150 valence electrons. The van der Waals surface area contributed by atoms with Gasteiger partial charge in [0.2, 0.25) is 11.9 Å². The van der Waals surface area contributed by atoms with Gasteiger partial charge in [0.25, 0.3) is 0 Å². The standard InChI is InChI=1S/C20H26FN5OS/c1-14(15-5-7-16(21)8-6-15)22-18(27)13-28-20-24-23-19(26(20)17-9-10-17)25-11-3-2-4-12-25/h5-8,14,17H,2-4,9-13H2,1H3,(H,22,27). The van der Waals surface area contributed by atoms with Gasteiger partial charge in [0.1, 0.15) is 5.82 Å². The van der Waals surface area contributed by atoms with Crippen LogP contribution >= 0.6 is 11.8 Å². The van der Waals surface area contributed by atoms with Crippen molar-refractivity contribution >= 4 is 23.6 Å². The van der Waals surface area contributed by atoms with Crippen molar-refractivity contribution in [3.63, 3.8) is 0 Å². The molecule has 28 heavy (non-hydrogen) atoms. The van der Waals surface area contributed by atoms with Crippen molar-refractivity contribution in [1.29, 1.82) is 0 Å². The van der Waals surface area contributed by atoms with Gasteiger partial charge in [-0.1, -0.05) is 23.9 Å². The molecule has 8 heteroatoms. The summed E-state index contributed by atoms with van der Waals surface area (Å²) in [6.07, 6.45) is 5.98. The first-order valence-electron chi connectivity index (χ1n) is 9.99. The van der Waals surface area contributed by atoms with E-state index in [1.54, 1.807) is 12.1 Å². The second kappa shape index (κ2) is 8.51. The zero-order chi connectivity index (χ0) is 19.5. The first kappa shape index (κ1) is 19.2. The van der Waals surface area contributed by atoms with E-state index >= 15 is 0 Å². The fraction of sp³-hybridized carbons (Fsp3) is 0.550. The van der Waals surface area contributed by atoms with Gasteiger partial charge in [0.05, 0.1) is 11.8 Å². The summed E-state index contributed by atoms with van der Waals surface area (Å²) < 4.78 is 15.3. The number of amides is 1. The van der Waals surface area contributed by atoms with Gasteiger partial charge < -0.3 is 10.2 Å². The van der Waals surface area contributed by atoms with Crippen molar-refractivity contribution in [2.24, 2.45) is 0 Å². The molecule has 0 bridgehead atoms. The van der Waals surface area contributed by atoms with Crippen LogP contribution in [-0.4, -0.2) is 39.5 Å². The molecule has 1 aromatic carbocycles. The highest BCUT2D eigenvalue weighted by Gasteiger charge is 2.32. The number of nitrogens with one attached hydrogen (secondary N) is 1. The van der Waals surface area contributed by atoms with Crippen LogP contribution in [0.25, 0.3) is 0 Å². The molecule has 1 N–H and O–H groups in total. The van der Waals surface area contributed by atoms with Gasteiger partial charge in [-0.15, -0.1) is 10.2 Å². The molecule has 1 saturated heterocycles. The summed E-state index contributed by atoms with van der Waals surface area (Å²) >= 11 is 1.44. The van der Waals surface area contributed by atoms with Gasteiger partial charge in [-0.3, -0.25) is 9.36 Å². The Labute approximate surface area is 168 Å². The first-order valence-corrected chi connectivity index (χ1v) is 11.0. The molecule has 1 amide bonds. The largest absolute Gasteiger partial charge is 0.349 e. The Morgan fingerprint density at radius 2 is 1.93 bits per heavy atom. The summed E-state index contributed by atoms with van der Waals surface area (Å²) in [5.41, 5.74) is 0.883. The fourth-order valence-electron chi connectivity index (χ4n) is 3.58. The zero-order valence-corrected chi connectivity index (χ0v) is 16.9. The van der Waals surface area contributed by atoms with E-state index in [0.717, 1.165) is 42.6 Å². The second-order valence-corrected chi connectivity index (χ2v) is 8.50. The van der Waals surface area contributed by atoms with Crippen LogP contribution in [0.5, 0.6) is 0 Å². The number of nitrogens with zero attached hydrogens (tertiary/aromatic N) is 4. The molecule has 2 aromatic rings. The van der Waals surface area contributed by atoms with E-state index in [0.29, 0.717) is 6.04 Å². The van der Waals surface area contributed by atoms with Crippen LogP contribution in [0, 0.1) is 5.82 Å². The fourth-order valence-corrected chi connectivity index (χ4v) is 4.39. The van der Waals surface area contributed by atoms with Crippen molar-refractivity contribution in [3.05, 3.63) is 35.6 Å². The minimum Gasteiger partial charge on any atom is -0.349 e. The summed E-state index contributed by atoms with van der Waals surface area (Å²) in [5, 5.41) is 12.6. The maximum absolute atomic E-state index is 13.1. The number of halogens is 1. The highest BCUT2D eigenvalue weighted by molar-refractivity contribution is 7.99. The van der Waals surface area contributed by atoms with Gasteiger partial charge in [-0.2, -0.15) is 0 Å². The number of hydrogen-bond acceptors (Lipinski definition) is 5. The van der Waals surface area contributed by atoms with Crippen LogP contribution in [0.4, 0.5) is 10.3 Å². The predicted molar refractivity (Wildman–Crippen MR) is 108 cm³/mol. The molecule has 0 radical (unpaired) electrons. The molecule has 4 rings (SSSR count). The van der Waals surface area contributed by atoms with Crippen LogP contribution in [0.2, 0.25) is 0 Å². The number of rotatable bonds is 7. The van der Waals surface area contributed by atoms with E-state index in [4.69, 9.17) is 0 Å². The van der Waals surface area contributed by atoms with Gasteiger partial charge in [0.15, 0.2) is 5.16 Å². The molecule has 1 aliphatic heterocycles. The second-order valence-electron chi connectivity index (χ2n) is 7.56. The molecule has 2 fully saturated rings. The summed E-state index contributed by atoms with van der Waals surface area (Å²) in [6, 6.07) is 6.51.